The number of nitrogens with zero attached hydrogens (tertiary/aromatic N) is 4. The molecule has 40 heavy (non-hydrogen) atoms. The molecule has 10 nitrogen and oxygen atoms in total. The number of benzene rings is 3. The van der Waals surface area contributed by atoms with Gasteiger partial charge >= 0.3 is 0 Å². The molecule has 1 atom stereocenters. The van der Waals surface area contributed by atoms with E-state index in [-0.39, 0.29) is 12.5 Å². The van der Waals surface area contributed by atoms with Crippen LogP contribution in [0.4, 0.5) is 5.69 Å². The molecule has 1 heterocycles. The van der Waals surface area contributed by atoms with E-state index in [4.69, 9.17) is 14.2 Å². The van der Waals surface area contributed by atoms with Crippen molar-refractivity contribution in [1.29, 1.82) is 0 Å². The highest BCUT2D eigenvalue weighted by atomic mass is 16.5. The molecule has 0 saturated carbocycles. The number of ether oxygens (including phenoxy) is 3. The first-order valence-corrected chi connectivity index (χ1v) is 12.8. The van der Waals surface area contributed by atoms with Crippen LogP contribution in [0.25, 0.3) is 11.0 Å². The molecule has 1 unspecified atom stereocenters. The molecular weight excluding hydrogens is 510 g/mol. The summed E-state index contributed by atoms with van der Waals surface area (Å²) in [6.45, 7) is 7.40. The zero-order valence-electron chi connectivity index (χ0n) is 23.9. The number of anilines is 1. The molecule has 3 aromatic carbocycles. The zero-order valence-corrected chi connectivity index (χ0v) is 23.9. The number of methoxy groups -OCH3 is 3. The third kappa shape index (κ3) is 6.17. The summed E-state index contributed by atoms with van der Waals surface area (Å²) in [4.78, 5) is 29.9. The third-order valence-corrected chi connectivity index (χ3v) is 6.26. The van der Waals surface area contributed by atoms with Gasteiger partial charge in [0.1, 0.15) is 35.4 Å². The van der Waals surface area contributed by atoms with Crippen LogP contribution in [0, 0.1) is 6.92 Å². The fourth-order valence-corrected chi connectivity index (χ4v) is 4.49. The summed E-state index contributed by atoms with van der Waals surface area (Å²) in [7, 11) is 4.59. The Morgan fingerprint density at radius 3 is 2.25 bits per heavy atom. The number of aromatic nitrogens is 3. The topological polar surface area (TPSA) is 108 Å². The molecule has 0 radical (unpaired) electrons. The molecule has 4 aromatic rings. The Bertz CT molecular complexity index is 1500. The number of hydrogen-bond acceptors (Lipinski definition) is 7. The second kappa shape index (κ2) is 11.6. The molecule has 0 bridgehead atoms. The summed E-state index contributed by atoms with van der Waals surface area (Å²) in [6.07, 6.45) is 0. The lowest BCUT2D eigenvalue weighted by atomic mass is 9.99. The molecule has 1 aromatic heterocycles. The summed E-state index contributed by atoms with van der Waals surface area (Å²) in [5.74, 6) is 0.618. The first-order valence-electron chi connectivity index (χ1n) is 12.8. The van der Waals surface area contributed by atoms with Crippen molar-refractivity contribution < 1.29 is 23.8 Å². The van der Waals surface area contributed by atoms with E-state index >= 15 is 0 Å². The highest BCUT2D eigenvalue weighted by molar-refractivity contribution is 6.03. The summed E-state index contributed by atoms with van der Waals surface area (Å²) < 4.78 is 18.2. The van der Waals surface area contributed by atoms with E-state index in [1.54, 1.807) is 24.3 Å². The van der Waals surface area contributed by atoms with Crippen LogP contribution >= 0.6 is 0 Å². The Labute approximate surface area is 233 Å². The second-order valence-electron chi connectivity index (χ2n) is 10.5. The van der Waals surface area contributed by atoms with Gasteiger partial charge in [-0.2, -0.15) is 0 Å². The lowest BCUT2D eigenvalue weighted by Gasteiger charge is -2.34. The first kappa shape index (κ1) is 28.4. The van der Waals surface area contributed by atoms with E-state index in [2.05, 4.69) is 15.6 Å². The van der Waals surface area contributed by atoms with E-state index < -0.39 is 17.5 Å². The summed E-state index contributed by atoms with van der Waals surface area (Å²) in [5, 5.41) is 11.4. The molecule has 0 aliphatic heterocycles. The van der Waals surface area contributed by atoms with Gasteiger partial charge in [-0.3, -0.25) is 14.5 Å². The molecule has 4 rings (SSSR count). The molecule has 0 fully saturated rings. The van der Waals surface area contributed by atoms with E-state index in [1.807, 2.05) is 64.1 Å². The molecule has 1 N–H and O–H groups in total. The van der Waals surface area contributed by atoms with Crippen LogP contribution in [0.15, 0.2) is 60.7 Å². The Hall–Kier alpha value is -4.60. The van der Waals surface area contributed by atoms with Gasteiger partial charge in [0.2, 0.25) is 11.8 Å². The van der Waals surface area contributed by atoms with Gasteiger partial charge in [0.05, 0.1) is 32.5 Å². The Kier molecular flexibility index (Phi) is 8.27. The smallest absolute Gasteiger partial charge is 0.249 e. The predicted molar refractivity (Wildman–Crippen MR) is 153 cm³/mol. The molecular formula is C30H35N5O5. The highest BCUT2D eigenvalue weighted by Crippen LogP contribution is 2.38. The van der Waals surface area contributed by atoms with Gasteiger partial charge in [-0.25, -0.2) is 4.68 Å². The minimum Gasteiger partial charge on any atom is -0.497 e. The van der Waals surface area contributed by atoms with Gasteiger partial charge in [-0.1, -0.05) is 23.4 Å². The van der Waals surface area contributed by atoms with Crippen LogP contribution in [0.3, 0.4) is 0 Å². The summed E-state index contributed by atoms with van der Waals surface area (Å²) in [5.41, 5.74) is 2.61. The normalized spacial score (nSPS) is 12.1. The van der Waals surface area contributed by atoms with Gasteiger partial charge in [0.15, 0.2) is 0 Å². The van der Waals surface area contributed by atoms with Gasteiger partial charge in [-0.05, 0) is 75.2 Å². The van der Waals surface area contributed by atoms with Crippen molar-refractivity contribution in [2.24, 2.45) is 0 Å². The van der Waals surface area contributed by atoms with E-state index in [0.717, 1.165) is 5.56 Å². The number of rotatable bonds is 9. The number of para-hydroxylation sites is 1. The molecule has 0 aliphatic rings. The molecule has 210 valence electrons. The standard InChI is InChI=1S/C30H35N5O5/c1-19-12-13-26(40-7)25(14-19)35(27(36)18-34-24-11-9-8-10-23(24)32-33-34)28(29(37)31-30(2,3)4)20-15-21(38-5)17-22(16-20)39-6/h8-17,28H,18H2,1-7H3,(H,31,37). The Morgan fingerprint density at radius 1 is 0.950 bits per heavy atom. The van der Waals surface area contributed by atoms with Crippen molar-refractivity contribution in [2.75, 3.05) is 26.2 Å². The minimum absolute atomic E-state index is 0.169. The van der Waals surface area contributed by atoms with E-state index in [0.29, 0.717) is 39.5 Å². The average Bonchev–Trinajstić information content (AvgIpc) is 3.32. The molecule has 0 spiro atoms. The van der Waals surface area contributed by atoms with Crippen LogP contribution in [-0.4, -0.2) is 53.7 Å². The van der Waals surface area contributed by atoms with Crippen molar-refractivity contribution in [3.05, 3.63) is 71.8 Å². The van der Waals surface area contributed by atoms with Crippen LogP contribution in [0.1, 0.15) is 37.9 Å². The fraction of sp³-hybridized carbons (Fsp3) is 0.333. The van der Waals surface area contributed by atoms with Crippen LogP contribution in [-0.2, 0) is 16.1 Å². The lowest BCUT2D eigenvalue weighted by Crippen LogP contribution is -2.50. The monoisotopic (exact) mass is 545 g/mol. The van der Waals surface area contributed by atoms with E-state index in [1.165, 1.54) is 30.9 Å². The largest absolute Gasteiger partial charge is 0.497 e. The molecule has 0 aliphatic carbocycles. The predicted octanol–water partition coefficient (Wildman–Crippen LogP) is 4.45. The van der Waals surface area contributed by atoms with Gasteiger partial charge < -0.3 is 19.5 Å². The number of amides is 2. The van der Waals surface area contributed by atoms with Gasteiger partial charge in [0.25, 0.3) is 0 Å². The van der Waals surface area contributed by atoms with Crippen molar-refractivity contribution >= 4 is 28.5 Å². The fourth-order valence-electron chi connectivity index (χ4n) is 4.49. The maximum Gasteiger partial charge on any atom is 0.249 e. The first-order chi connectivity index (χ1) is 19.0. The number of fused-ring (bicyclic) bond motifs is 1. The Balaban J connectivity index is 1.94. The third-order valence-electron chi connectivity index (χ3n) is 6.26. The second-order valence-corrected chi connectivity index (χ2v) is 10.5. The highest BCUT2D eigenvalue weighted by Gasteiger charge is 2.37. The minimum atomic E-state index is -1.11. The number of aryl methyl sites for hydroxylation is 1. The number of carbonyl (C=O) groups excluding carboxylic acids is 2. The van der Waals surface area contributed by atoms with Crippen LogP contribution in [0.5, 0.6) is 17.2 Å². The van der Waals surface area contributed by atoms with Gasteiger partial charge in [0, 0.05) is 11.6 Å². The van der Waals surface area contributed by atoms with Crippen molar-refractivity contribution in [3.8, 4) is 17.2 Å². The average molecular weight is 546 g/mol. The zero-order chi connectivity index (χ0) is 29.0. The van der Waals surface area contributed by atoms with Crippen molar-refractivity contribution in [3.63, 3.8) is 0 Å². The lowest BCUT2D eigenvalue weighted by molar-refractivity contribution is -0.128. The quantitative estimate of drug-likeness (QED) is 0.331. The van der Waals surface area contributed by atoms with Crippen molar-refractivity contribution in [1.82, 2.24) is 20.3 Å². The van der Waals surface area contributed by atoms with Crippen LogP contribution in [0.2, 0.25) is 0 Å². The maximum absolute atomic E-state index is 14.4. The molecule has 2 amide bonds. The maximum atomic E-state index is 14.4. The number of carbonyl (C=O) groups is 2. The molecule has 0 saturated heterocycles. The van der Waals surface area contributed by atoms with Crippen molar-refractivity contribution in [2.45, 2.75) is 45.8 Å². The van der Waals surface area contributed by atoms with E-state index in [9.17, 15) is 9.59 Å². The van der Waals surface area contributed by atoms with Gasteiger partial charge in [-0.15, -0.1) is 5.10 Å². The number of hydrogen-bond donors (Lipinski definition) is 1. The summed E-state index contributed by atoms with van der Waals surface area (Å²) in [6, 6.07) is 16.9. The SMILES string of the molecule is COc1cc(OC)cc(C(C(=O)NC(C)(C)C)N(C(=O)Cn2nnc3ccccc32)c2cc(C)ccc2OC)c1. The van der Waals surface area contributed by atoms with Crippen LogP contribution < -0.4 is 24.4 Å². The number of nitrogens with one attached hydrogen (secondary N) is 1. The molecule has 10 heteroatoms. The Morgan fingerprint density at radius 2 is 1.62 bits per heavy atom. The summed E-state index contributed by atoms with van der Waals surface area (Å²) >= 11 is 0.